The van der Waals surface area contributed by atoms with Gasteiger partial charge in [0.25, 0.3) is 5.82 Å². The van der Waals surface area contributed by atoms with E-state index in [9.17, 15) is 0 Å². The molecule has 0 amide bonds. The van der Waals surface area contributed by atoms with Crippen molar-refractivity contribution in [3.05, 3.63) is 12.2 Å². The van der Waals surface area contributed by atoms with E-state index in [4.69, 9.17) is 16.3 Å². The van der Waals surface area contributed by atoms with E-state index < -0.39 is 5.54 Å². The summed E-state index contributed by atoms with van der Waals surface area (Å²) in [4.78, 5) is 3.78. The van der Waals surface area contributed by atoms with Gasteiger partial charge in [0, 0.05) is 6.54 Å². The van der Waals surface area contributed by atoms with Crippen LogP contribution in [0.15, 0.2) is 6.33 Å². The predicted molar refractivity (Wildman–Crippen MR) is 56.8 cm³/mol. The molecule has 6 nitrogen and oxygen atoms in total. The van der Waals surface area contributed by atoms with Crippen molar-refractivity contribution < 1.29 is 0 Å². The minimum Gasteiger partial charge on any atom is -0.313 e. The van der Waals surface area contributed by atoms with Crippen molar-refractivity contribution in [2.24, 2.45) is 5.73 Å². The van der Waals surface area contributed by atoms with Gasteiger partial charge in [-0.05, 0) is 19.3 Å². The third-order valence-electron chi connectivity index (χ3n) is 2.50. The van der Waals surface area contributed by atoms with Crippen molar-refractivity contribution in [1.29, 1.82) is 10.5 Å². The van der Waals surface area contributed by atoms with Gasteiger partial charge in [0.2, 0.25) is 0 Å². The Morgan fingerprint density at radius 2 is 2.31 bits per heavy atom. The Labute approximate surface area is 94.3 Å². The molecule has 0 aliphatic carbocycles. The lowest BCUT2D eigenvalue weighted by molar-refractivity contribution is 0.434. The fourth-order valence-electron chi connectivity index (χ4n) is 1.32. The zero-order valence-corrected chi connectivity index (χ0v) is 9.22. The Hall–Kier alpha value is -1.92. The summed E-state index contributed by atoms with van der Waals surface area (Å²) in [6.45, 7) is 2.52. The molecule has 1 rings (SSSR count). The highest BCUT2D eigenvalue weighted by Gasteiger charge is 2.21. The molecule has 6 heteroatoms. The number of rotatable bonds is 5. The van der Waals surface area contributed by atoms with E-state index in [1.54, 1.807) is 4.68 Å². The van der Waals surface area contributed by atoms with E-state index in [1.165, 1.54) is 6.33 Å². The summed E-state index contributed by atoms with van der Waals surface area (Å²) < 4.78 is 1.59. The van der Waals surface area contributed by atoms with Gasteiger partial charge in [0.1, 0.15) is 17.9 Å². The lowest BCUT2D eigenvalue weighted by atomic mass is 9.93. The van der Waals surface area contributed by atoms with E-state index in [0.717, 1.165) is 6.42 Å². The number of nitrogens with zero attached hydrogens (tertiary/aromatic N) is 5. The van der Waals surface area contributed by atoms with Crippen LogP contribution in [0.1, 0.15) is 32.0 Å². The number of nitrogens with two attached hydrogens (primary N) is 1. The minimum atomic E-state index is -0.751. The Bertz CT molecular complexity index is 423. The first kappa shape index (κ1) is 12.2. The molecule has 84 valence electrons. The van der Waals surface area contributed by atoms with Crippen molar-refractivity contribution in [3.63, 3.8) is 0 Å². The van der Waals surface area contributed by atoms with Gasteiger partial charge in [0.05, 0.1) is 6.07 Å². The Morgan fingerprint density at radius 3 is 2.81 bits per heavy atom. The Balaban J connectivity index is 2.42. The van der Waals surface area contributed by atoms with Crippen LogP contribution in [0.25, 0.3) is 0 Å². The maximum absolute atomic E-state index is 8.87. The first-order valence-electron chi connectivity index (χ1n) is 5.13. The molecule has 0 aliphatic heterocycles. The first-order valence-corrected chi connectivity index (χ1v) is 5.13. The number of aromatic nitrogens is 3. The molecule has 0 aliphatic rings. The molecule has 0 bridgehead atoms. The maximum Gasteiger partial charge on any atom is 0.252 e. The molecule has 1 heterocycles. The van der Waals surface area contributed by atoms with E-state index in [0.29, 0.717) is 19.4 Å². The van der Waals surface area contributed by atoms with Gasteiger partial charge in [-0.1, -0.05) is 6.92 Å². The van der Waals surface area contributed by atoms with E-state index in [-0.39, 0.29) is 5.82 Å². The average Bonchev–Trinajstić information content (AvgIpc) is 2.77. The van der Waals surface area contributed by atoms with E-state index in [2.05, 4.69) is 16.2 Å². The van der Waals surface area contributed by atoms with Gasteiger partial charge in [0.15, 0.2) is 0 Å². The zero-order valence-electron chi connectivity index (χ0n) is 9.22. The highest BCUT2D eigenvalue weighted by atomic mass is 15.3. The quantitative estimate of drug-likeness (QED) is 0.777. The molecular weight excluding hydrogens is 204 g/mol. The molecule has 0 fully saturated rings. The molecule has 0 spiro atoms. The summed E-state index contributed by atoms with van der Waals surface area (Å²) in [5, 5.41) is 21.3. The monoisotopic (exact) mass is 218 g/mol. The van der Waals surface area contributed by atoms with Gasteiger partial charge in [-0.25, -0.2) is 4.98 Å². The lowest BCUT2D eigenvalue weighted by Gasteiger charge is -2.18. The molecule has 1 aromatic heterocycles. The summed E-state index contributed by atoms with van der Waals surface area (Å²) >= 11 is 0. The van der Waals surface area contributed by atoms with Crippen molar-refractivity contribution in [2.45, 2.75) is 38.3 Å². The van der Waals surface area contributed by atoms with Crippen LogP contribution >= 0.6 is 0 Å². The van der Waals surface area contributed by atoms with Gasteiger partial charge in [-0.3, -0.25) is 4.68 Å². The predicted octanol–water partition coefficient (Wildman–Crippen LogP) is 0.561. The van der Waals surface area contributed by atoms with Crippen LogP contribution in [0.3, 0.4) is 0 Å². The first-order chi connectivity index (χ1) is 7.63. The SMILES string of the molecule is CCC(N)(C#N)CCCn1cnc(C#N)n1. The fraction of sp³-hybridized carbons (Fsp3) is 0.600. The largest absolute Gasteiger partial charge is 0.313 e. The van der Waals surface area contributed by atoms with Crippen LogP contribution in [0.5, 0.6) is 0 Å². The van der Waals surface area contributed by atoms with Crippen LogP contribution in [-0.2, 0) is 6.54 Å². The maximum atomic E-state index is 8.87. The molecule has 1 atom stereocenters. The smallest absolute Gasteiger partial charge is 0.252 e. The number of hydrogen-bond donors (Lipinski definition) is 1. The van der Waals surface area contributed by atoms with Crippen molar-refractivity contribution in [1.82, 2.24) is 14.8 Å². The number of nitriles is 2. The van der Waals surface area contributed by atoms with E-state index >= 15 is 0 Å². The fourth-order valence-corrected chi connectivity index (χ4v) is 1.32. The average molecular weight is 218 g/mol. The molecule has 2 N–H and O–H groups in total. The van der Waals surface area contributed by atoms with Crippen molar-refractivity contribution in [3.8, 4) is 12.1 Å². The third-order valence-corrected chi connectivity index (χ3v) is 2.50. The Kier molecular flexibility index (Phi) is 3.98. The van der Waals surface area contributed by atoms with Gasteiger partial charge in [-0.15, -0.1) is 5.10 Å². The lowest BCUT2D eigenvalue weighted by Crippen LogP contribution is -2.37. The second-order valence-corrected chi connectivity index (χ2v) is 3.67. The molecule has 0 saturated heterocycles. The third kappa shape index (κ3) is 3.04. The minimum absolute atomic E-state index is 0.162. The highest BCUT2D eigenvalue weighted by Crippen LogP contribution is 2.13. The van der Waals surface area contributed by atoms with Crippen LogP contribution in [0.2, 0.25) is 0 Å². The summed E-state index contributed by atoms with van der Waals surface area (Å²) in [6, 6.07) is 3.97. The summed E-state index contributed by atoms with van der Waals surface area (Å²) in [6.07, 6.45) is 3.49. The summed E-state index contributed by atoms with van der Waals surface area (Å²) in [7, 11) is 0. The second-order valence-electron chi connectivity index (χ2n) is 3.67. The molecule has 16 heavy (non-hydrogen) atoms. The van der Waals surface area contributed by atoms with Crippen molar-refractivity contribution >= 4 is 0 Å². The van der Waals surface area contributed by atoms with Crippen LogP contribution in [0.4, 0.5) is 0 Å². The molecular formula is C10H14N6. The number of hydrogen-bond acceptors (Lipinski definition) is 5. The van der Waals surface area contributed by atoms with Gasteiger partial charge < -0.3 is 5.73 Å². The molecule has 1 aromatic rings. The molecule has 0 aromatic carbocycles. The normalized spacial score (nSPS) is 13.8. The highest BCUT2D eigenvalue weighted by molar-refractivity contribution is 5.05. The second kappa shape index (κ2) is 5.24. The molecule has 1 unspecified atom stereocenters. The van der Waals surface area contributed by atoms with Crippen LogP contribution in [-0.4, -0.2) is 20.3 Å². The Morgan fingerprint density at radius 1 is 1.56 bits per heavy atom. The van der Waals surface area contributed by atoms with E-state index in [1.807, 2.05) is 13.0 Å². The van der Waals surface area contributed by atoms with Crippen molar-refractivity contribution in [2.75, 3.05) is 0 Å². The molecule has 0 saturated carbocycles. The topological polar surface area (TPSA) is 104 Å². The zero-order chi connectivity index (χ0) is 12.0. The summed E-state index contributed by atoms with van der Waals surface area (Å²) in [5.74, 6) is 0.162. The molecule has 0 radical (unpaired) electrons. The summed E-state index contributed by atoms with van der Waals surface area (Å²) in [5.41, 5.74) is 5.08. The van der Waals surface area contributed by atoms with Crippen LogP contribution < -0.4 is 5.73 Å². The van der Waals surface area contributed by atoms with Crippen LogP contribution in [0, 0.1) is 22.7 Å². The standard InChI is InChI=1S/C10H14N6/c1-2-10(13,7-12)4-3-5-16-8-14-9(6-11)15-16/h8H,2-5,13H2,1H3. The van der Waals surface area contributed by atoms with Gasteiger partial charge >= 0.3 is 0 Å². The van der Waals surface area contributed by atoms with Gasteiger partial charge in [-0.2, -0.15) is 10.5 Å². The number of aryl methyl sites for hydroxylation is 1.